The van der Waals surface area contributed by atoms with Gasteiger partial charge in [-0.2, -0.15) is 0 Å². The molecule has 1 aliphatic heterocycles. The van der Waals surface area contributed by atoms with Crippen molar-refractivity contribution in [1.29, 1.82) is 0 Å². The molecule has 3 heterocycles. The number of hydrogen-bond donors (Lipinski definition) is 0. The van der Waals surface area contributed by atoms with Gasteiger partial charge in [-0.1, -0.05) is 192 Å². The van der Waals surface area contributed by atoms with Gasteiger partial charge in [0, 0.05) is 13.2 Å². The smallest absolute Gasteiger partial charge is 0.442 e. The van der Waals surface area contributed by atoms with Crippen molar-refractivity contribution in [2.24, 2.45) is 5.92 Å². The van der Waals surface area contributed by atoms with Crippen molar-refractivity contribution < 1.29 is 4.74 Å². The molecule has 49 heavy (non-hydrogen) atoms. The average molecular weight is 806 g/mol. The maximum absolute atomic E-state index is 5.06. The van der Waals surface area contributed by atoms with Gasteiger partial charge in [-0.05, 0) is 70.5 Å². The molecule has 0 aliphatic carbocycles. The first-order valence-electron chi connectivity index (χ1n) is 19.5. The summed E-state index contributed by atoms with van der Waals surface area (Å²) in [6.07, 6.45) is 10.6. The summed E-state index contributed by atoms with van der Waals surface area (Å²) in [4.78, 5) is 20.0. The quantitative estimate of drug-likeness (QED) is 0.200. The zero-order chi connectivity index (χ0) is 37.4. The van der Waals surface area contributed by atoms with Crippen molar-refractivity contribution in [2.75, 3.05) is 13.2 Å². The predicted octanol–water partition coefficient (Wildman–Crippen LogP) is 11.6. The van der Waals surface area contributed by atoms with Gasteiger partial charge in [0.1, 0.15) is 0 Å². The largest absolute Gasteiger partial charge is 2.00 e. The maximum Gasteiger partial charge on any atom is 2.00 e. The van der Waals surface area contributed by atoms with E-state index in [1.807, 2.05) is 0 Å². The molecule has 0 spiro atoms. The Hall–Kier alpha value is -0.0486. The second-order valence-electron chi connectivity index (χ2n) is 19.5. The summed E-state index contributed by atoms with van der Waals surface area (Å²) in [6, 6.07) is 0. The fourth-order valence-corrected chi connectivity index (χ4v) is 6.87. The standard InChI is InChI=1S/2C19H35N2.C5H10O.Ba/c2*1-10-12-18(6,7)14-15(19(8,9)13-11-2)21-16(20-14)17(3,4)5;1-5-2-3-6-4-5;/h2*10-13H2,1-9H3;5H,2-4H2,1H3;/q2*-1;;+2. The Balaban J connectivity index is 0.000000787. The van der Waals surface area contributed by atoms with E-state index in [0.29, 0.717) is 0 Å². The van der Waals surface area contributed by atoms with Crippen molar-refractivity contribution in [3.05, 3.63) is 34.4 Å². The summed E-state index contributed by atoms with van der Waals surface area (Å²) in [6.45, 7) is 45.0. The first kappa shape index (κ1) is 49.0. The van der Waals surface area contributed by atoms with Crippen LogP contribution in [0.4, 0.5) is 0 Å². The van der Waals surface area contributed by atoms with Crippen LogP contribution in [0, 0.1) is 5.92 Å². The van der Waals surface area contributed by atoms with Gasteiger partial charge in [0.25, 0.3) is 0 Å². The third kappa shape index (κ3) is 14.7. The molecule has 1 unspecified atom stereocenters. The van der Waals surface area contributed by atoms with Crippen LogP contribution in [-0.2, 0) is 37.2 Å². The Morgan fingerprint density at radius 1 is 0.551 bits per heavy atom. The minimum absolute atomic E-state index is 0. The van der Waals surface area contributed by atoms with Crippen molar-refractivity contribution in [1.82, 2.24) is 19.9 Å². The van der Waals surface area contributed by atoms with Gasteiger partial charge in [0.05, 0.1) is 0 Å². The second kappa shape index (κ2) is 19.9. The first-order valence-corrected chi connectivity index (χ1v) is 19.5. The Morgan fingerprint density at radius 3 is 1.06 bits per heavy atom. The molecule has 3 rings (SSSR count). The molecule has 280 valence electrons. The summed E-state index contributed by atoms with van der Waals surface area (Å²) in [5.41, 5.74) is 5.35. The van der Waals surface area contributed by atoms with E-state index in [-0.39, 0.29) is 81.4 Å². The van der Waals surface area contributed by atoms with Crippen LogP contribution in [-0.4, -0.2) is 72.1 Å². The van der Waals surface area contributed by atoms with Crippen molar-refractivity contribution >= 4 is 48.9 Å². The van der Waals surface area contributed by atoms with Gasteiger partial charge in [0.2, 0.25) is 0 Å². The van der Waals surface area contributed by atoms with Gasteiger partial charge < -0.3 is 24.7 Å². The third-order valence-corrected chi connectivity index (χ3v) is 9.88. The van der Waals surface area contributed by atoms with Crippen LogP contribution < -0.4 is 9.97 Å². The van der Waals surface area contributed by atoms with Crippen LogP contribution in [0.5, 0.6) is 0 Å². The molecule has 0 amide bonds. The van der Waals surface area contributed by atoms with E-state index in [2.05, 4.69) is 132 Å². The summed E-state index contributed by atoms with van der Waals surface area (Å²) >= 11 is 0. The number of rotatable bonds is 12. The minimum atomic E-state index is 0. The normalized spacial score (nSPS) is 16.0. The number of imidazole rings is 2. The van der Waals surface area contributed by atoms with Gasteiger partial charge in [-0.25, -0.2) is 0 Å². The van der Waals surface area contributed by atoms with Crippen LogP contribution in [0.15, 0.2) is 0 Å². The first-order chi connectivity index (χ1) is 21.8. The van der Waals surface area contributed by atoms with Crippen LogP contribution in [0.1, 0.15) is 224 Å². The molecule has 0 N–H and O–H groups in total. The molecule has 1 saturated heterocycles. The fourth-order valence-electron chi connectivity index (χ4n) is 6.87. The molecule has 0 bridgehead atoms. The monoisotopic (exact) mass is 807 g/mol. The van der Waals surface area contributed by atoms with Crippen molar-refractivity contribution in [3.8, 4) is 0 Å². The Kier molecular flexibility index (Phi) is 19.8. The second-order valence-corrected chi connectivity index (χ2v) is 19.5. The van der Waals surface area contributed by atoms with Crippen molar-refractivity contribution in [3.63, 3.8) is 0 Å². The van der Waals surface area contributed by atoms with Crippen LogP contribution in [0.3, 0.4) is 0 Å². The minimum Gasteiger partial charge on any atom is -0.442 e. The van der Waals surface area contributed by atoms with Crippen LogP contribution >= 0.6 is 0 Å². The summed E-state index contributed by atoms with van der Waals surface area (Å²) in [5.74, 6) is 2.83. The number of hydrogen-bond acceptors (Lipinski definition) is 3. The molecule has 2 aromatic rings. The van der Waals surface area contributed by atoms with E-state index in [1.54, 1.807) is 0 Å². The zero-order valence-electron chi connectivity index (χ0n) is 36.3. The van der Waals surface area contributed by atoms with E-state index < -0.39 is 0 Å². The topological polar surface area (TPSA) is 63.2 Å². The average Bonchev–Trinajstić information content (AvgIpc) is 3.69. The fraction of sp³-hybridized carbons (Fsp3) is 0.860. The third-order valence-electron chi connectivity index (χ3n) is 9.88. The van der Waals surface area contributed by atoms with E-state index in [4.69, 9.17) is 24.7 Å². The molecular formula is C43H80BaN4O. The number of nitrogens with zero attached hydrogens (tertiary/aromatic N) is 4. The molecule has 6 heteroatoms. The summed E-state index contributed by atoms with van der Waals surface area (Å²) < 4.78 is 5.06. The zero-order valence-corrected chi connectivity index (χ0v) is 40.7. The molecule has 1 fully saturated rings. The molecule has 2 aromatic heterocycles. The van der Waals surface area contributed by atoms with Gasteiger partial charge >= 0.3 is 48.9 Å². The van der Waals surface area contributed by atoms with Crippen LogP contribution in [0.2, 0.25) is 0 Å². The van der Waals surface area contributed by atoms with E-state index in [1.165, 1.54) is 54.9 Å². The van der Waals surface area contributed by atoms with Gasteiger partial charge in [-0.15, -0.1) is 0 Å². The maximum atomic E-state index is 5.06. The molecule has 0 radical (unpaired) electrons. The number of ether oxygens (including phenoxy) is 1. The number of aromatic nitrogens is 4. The summed E-state index contributed by atoms with van der Waals surface area (Å²) in [7, 11) is 0. The molecule has 0 saturated carbocycles. The molecule has 0 aromatic carbocycles. The summed E-state index contributed by atoms with van der Waals surface area (Å²) in [5, 5.41) is 0. The predicted molar refractivity (Wildman–Crippen MR) is 215 cm³/mol. The molecule has 5 nitrogen and oxygen atoms in total. The van der Waals surface area contributed by atoms with Gasteiger partial charge in [0.15, 0.2) is 0 Å². The molecule has 1 atom stereocenters. The van der Waals surface area contributed by atoms with Crippen LogP contribution in [0.25, 0.3) is 0 Å². The Labute approximate surface area is 346 Å². The Bertz CT molecular complexity index is 1050. The SMILES string of the molecule is CC1CCOC1.CCCC(C)(C)c1nc(C(C)(C)C)[n-]c1C(C)(C)CCC.CCCC(C)(C)c1nc(C(C)(C)C)[n-]c1C(C)(C)CCC.[Ba+2]. The molecular weight excluding hydrogens is 726 g/mol. The van der Waals surface area contributed by atoms with E-state index in [0.717, 1.165) is 56.5 Å². The van der Waals surface area contributed by atoms with E-state index >= 15 is 0 Å². The van der Waals surface area contributed by atoms with Crippen molar-refractivity contribution in [2.45, 2.75) is 222 Å². The van der Waals surface area contributed by atoms with E-state index in [9.17, 15) is 0 Å². The van der Waals surface area contributed by atoms with Gasteiger partial charge in [-0.3, -0.25) is 0 Å². The molecule has 1 aliphatic rings. The Morgan fingerprint density at radius 2 is 0.857 bits per heavy atom.